The first kappa shape index (κ1) is 35.4. The second-order valence-corrected chi connectivity index (χ2v) is 16.8. The molecule has 4 nitrogen and oxygen atoms in total. The lowest BCUT2D eigenvalue weighted by molar-refractivity contribution is 0.358. The predicted octanol–water partition coefficient (Wildman–Crippen LogP) is 15.1. The van der Waals surface area contributed by atoms with Crippen molar-refractivity contribution in [2.45, 2.75) is 25.7 Å². The Bertz CT molecular complexity index is 3300. The summed E-state index contributed by atoms with van der Waals surface area (Å²) in [6.45, 7) is 5.40. The molecule has 0 saturated heterocycles. The largest absolute Gasteiger partial charge is 0.492 e. The molecular formula is C57H42N2O2. The number of benzene rings is 8. The summed E-state index contributed by atoms with van der Waals surface area (Å²) in [5.41, 5.74) is 17.3. The average molecular weight is 787 g/mol. The van der Waals surface area contributed by atoms with Crippen LogP contribution in [0.1, 0.15) is 30.5 Å². The summed E-state index contributed by atoms with van der Waals surface area (Å²) >= 11 is 0. The van der Waals surface area contributed by atoms with Crippen LogP contribution in [0.3, 0.4) is 0 Å². The molecule has 0 atom stereocenters. The van der Waals surface area contributed by atoms with E-state index < -0.39 is 0 Å². The number of para-hydroxylation sites is 3. The van der Waals surface area contributed by atoms with Crippen LogP contribution < -0.4 is 9.64 Å². The summed E-state index contributed by atoms with van der Waals surface area (Å²) in [5, 5.41) is 2.44. The number of aromatic nitrogens is 1. The van der Waals surface area contributed by atoms with E-state index in [1.54, 1.807) is 0 Å². The number of ether oxygens (including phenoxy) is 1. The molecule has 3 heterocycles. The molecule has 1 aliphatic carbocycles. The number of hydrogen-bond donors (Lipinski definition) is 0. The molecule has 4 heteroatoms. The molecule has 10 aromatic rings. The molecule has 0 radical (unpaired) electrons. The fourth-order valence-electron chi connectivity index (χ4n) is 9.99. The van der Waals surface area contributed by atoms with Crippen molar-refractivity contribution >= 4 is 39.1 Å². The van der Waals surface area contributed by atoms with Gasteiger partial charge in [-0.3, -0.25) is 4.90 Å². The molecule has 0 fully saturated rings. The van der Waals surface area contributed by atoms with Crippen molar-refractivity contribution < 1.29 is 9.15 Å². The van der Waals surface area contributed by atoms with Crippen LogP contribution in [0.4, 0.5) is 17.3 Å². The number of fused-ring (bicyclic) bond motifs is 7. The van der Waals surface area contributed by atoms with Crippen LogP contribution in [0.2, 0.25) is 0 Å². The standard InChI is InChI=1S/C57H42N2O2/c1-57(2)49-22-11-9-20-47(49)55-48(46-21-13-16-39-32-33-60-56(39)46)35-43(36-50(55)57)58(42-27-24-38(25-28-42)37-14-5-3-6-15-37)54-31-30-53(61-54)40-26-29-45-44-19-10-12-23-51(44)59(52(45)34-40)41-17-7-4-8-18-41/h3-31,34-36H,32-33H2,1-2H3. The third kappa shape index (κ3) is 5.59. The normalized spacial score (nSPS) is 13.5. The fourth-order valence-corrected chi connectivity index (χ4v) is 9.99. The number of hydrogen-bond acceptors (Lipinski definition) is 3. The third-order valence-electron chi connectivity index (χ3n) is 12.9. The summed E-state index contributed by atoms with van der Waals surface area (Å²) in [6, 6.07) is 69.9. The van der Waals surface area contributed by atoms with E-state index >= 15 is 0 Å². The molecular weight excluding hydrogens is 745 g/mol. The highest BCUT2D eigenvalue weighted by atomic mass is 16.5. The molecule has 61 heavy (non-hydrogen) atoms. The first-order valence-corrected chi connectivity index (χ1v) is 21.2. The maximum absolute atomic E-state index is 7.07. The van der Waals surface area contributed by atoms with Gasteiger partial charge >= 0.3 is 0 Å². The summed E-state index contributed by atoms with van der Waals surface area (Å²) < 4.78 is 15.8. The van der Waals surface area contributed by atoms with Gasteiger partial charge in [-0.1, -0.05) is 147 Å². The second-order valence-electron chi connectivity index (χ2n) is 16.8. The lowest BCUT2D eigenvalue weighted by Gasteiger charge is -2.28. The van der Waals surface area contributed by atoms with Gasteiger partial charge in [-0.15, -0.1) is 0 Å². The van der Waals surface area contributed by atoms with Crippen LogP contribution in [-0.2, 0) is 11.8 Å². The molecule has 0 amide bonds. The quantitative estimate of drug-likeness (QED) is 0.161. The van der Waals surface area contributed by atoms with Gasteiger partial charge in [-0.25, -0.2) is 0 Å². The lowest BCUT2D eigenvalue weighted by atomic mass is 9.81. The Labute approximate surface area is 355 Å². The van der Waals surface area contributed by atoms with E-state index in [4.69, 9.17) is 9.15 Å². The van der Waals surface area contributed by atoms with Crippen LogP contribution >= 0.6 is 0 Å². The zero-order chi connectivity index (χ0) is 40.7. The Morgan fingerprint density at radius 2 is 1.21 bits per heavy atom. The van der Waals surface area contributed by atoms with Crippen LogP contribution in [0.5, 0.6) is 5.75 Å². The first-order chi connectivity index (χ1) is 30.0. The number of rotatable bonds is 7. The van der Waals surface area contributed by atoms with Crippen molar-refractivity contribution in [3.63, 3.8) is 0 Å². The minimum absolute atomic E-state index is 0.237. The van der Waals surface area contributed by atoms with Crippen molar-refractivity contribution in [2.75, 3.05) is 11.5 Å². The Morgan fingerprint density at radius 1 is 0.508 bits per heavy atom. The molecule has 0 saturated carbocycles. The van der Waals surface area contributed by atoms with E-state index in [-0.39, 0.29) is 5.41 Å². The summed E-state index contributed by atoms with van der Waals surface area (Å²) in [6.07, 6.45) is 0.917. The molecule has 0 spiro atoms. The van der Waals surface area contributed by atoms with Crippen LogP contribution in [0.25, 0.3) is 72.2 Å². The molecule has 0 N–H and O–H groups in total. The van der Waals surface area contributed by atoms with Gasteiger partial charge in [0.1, 0.15) is 11.5 Å². The second kappa shape index (κ2) is 13.8. The third-order valence-corrected chi connectivity index (χ3v) is 12.9. The molecule has 292 valence electrons. The van der Waals surface area contributed by atoms with E-state index in [0.717, 1.165) is 63.1 Å². The van der Waals surface area contributed by atoms with E-state index in [9.17, 15) is 0 Å². The molecule has 12 rings (SSSR count). The van der Waals surface area contributed by atoms with Crippen molar-refractivity contribution in [1.29, 1.82) is 0 Å². The van der Waals surface area contributed by atoms with Crippen LogP contribution in [0.15, 0.2) is 199 Å². The van der Waals surface area contributed by atoms with Crippen molar-refractivity contribution in [3.05, 3.63) is 211 Å². The Balaban J connectivity index is 1.06. The molecule has 2 aliphatic rings. The molecule has 2 aromatic heterocycles. The minimum atomic E-state index is -0.237. The fraction of sp³-hybridized carbons (Fsp3) is 0.0877. The van der Waals surface area contributed by atoms with Crippen molar-refractivity contribution in [2.24, 2.45) is 0 Å². The van der Waals surface area contributed by atoms with Gasteiger partial charge in [0.05, 0.1) is 23.3 Å². The van der Waals surface area contributed by atoms with E-state index in [2.05, 4.69) is 217 Å². The van der Waals surface area contributed by atoms with Gasteiger partial charge in [-0.2, -0.15) is 0 Å². The highest BCUT2D eigenvalue weighted by Crippen LogP contribution is 2.56. The predicted molar refractivity (Wildman–Crippen MR) is 251 cm³/mol. The van der Waals surface area contributed by atoms with Crippen molar-refractivity contribution in [3.8, 4) is 56.1 Å². The molecule has 0 bridgehead atoms. The topological polar surface area (TPSA) is 30.5 Å². The zero-order valence-corrected chi connectivity index (χ0v) is 34.1. The van der Waals surface area contributed by atoms with Crippen LogP contribution in [-0.4, -0.2) is 11.2 Å². The highest BCUT2D eigenvalue weighted by molar-refractivity contribution is 6.10. The minimum Gasteiger partial charge on any atom is -0.492 e. The van der Waals surface area contributed by atoms with Gasteiger partial charge in [0.2, 0.25) is 5.88 Å². The Hall–Kier alpha value is -7.56. The van der Waals surface area contributed by atoms with Gasteiger partial charge < -0.3 is 13.7 Å². The zero-order valence-electron chi connectivity index (χ0n) is 34.1. The van der Waals surface area contributed by atoms with Gasteiger partial charge in [0.25, 0.3) is 0 Å². The summed E-state index contributed by atoms with van der Waals surface area (Å²) in [4.78, 5) is 2.28. The van der Waals surface area contributed by atoms with Crippen LogP contribution in [0, 0.1) is 0 Å². The highest BCUT2D eigenvalue weighted by Gasteiger charge is 2.39. The SMILES string of the molecule is CC1(C)c2ccccc2-c2c(-c3cccc4c3OCC4)cc(N(c3ccc(-c4ccccc4)cc3)c3ccc(-c4ccc5c6ccccc6n(-c6ccccc6)c5c4)o3)cc21. The monoisotopic (exact) mass is 786 g/mol. The van der Waals surface area contributed by atoms with Gasteiger partial charge in [0.15, 0.2) is 0 Å². The lowest BCUT2D eigenvalue weighted by Crippen LogP contribution is -2.16. The van der Waals surface area contributed by atoms with E-state index in [0.29, 0.717) is 6.61 Å². The summed E-state index contributed by atoms with van der Waals surface area (Å²) in [5.74, 6) is 2.53. The van der Waals surface area contributed by atoms with Gasteiger partial charge in [0, 0.05) is 51.2 Å². The summed E-state index contributed by atoms with van der Waals surface area (Å²) in [7, 11) is 0. The number of furan rings is 1. The van der Waals surface area contributed by atoms with Crippen molar-refractivity contribution in [1.82, 2.24) is 4.57 Å². The van der Waals surface area contributed by atoms with E-state index in [1.165, 1.54) is 55.2 Å². The molecule has 1 aliphatic heterocycles. The smallest absolute Gasteiger partial charge is 0.205 e. The first-order valence-electron chi connectivity index (χ1n) is 21.2. The van der Waals surface area contributed by atoms with E-state index in [1.807, 2.05) is 0 Å². The molecule has 8 aromatic carbocycles. The Kier molecular flexibility index (Phi) is 7.98. The number of anilines is 3. The maximum Gasteiger partial charge on any atom is 0.205 e. The van der Waals surface area contributed by atoms with Gasteiger partial charge in [-0.05, 0) is 99.1 Å². The maximum atomic E-state index is 7.07. The number of nitrogens with zero attached hydrogens (tertiary/aromatic N) is 2. The molecule has 0 unspecified atom stereocenters. The average Bonchev–Trinajstić information content (AvgIpc) is 4.11. The Morgan fingerprint density at radius 3 is 2.07 bits per heavy atom.